The Morgan fingerprint density at radius 1 is 1.47 bits per heavy atom. The third-order valence-electron chi connectivity index (χ3n) is 2.11. The van der Waals surface area contributed by atoms with Crippen LogP contribution in [-0.4, -0.2) is 35.2 Å². The summed E-state index contributed by atoms with van der Waals surface area (Å²) in [6.07, 6.45) is 4.17. The van der Waals surface area contributed by atoms with Crippen molar-refractivity contribution in [1.82, 2.24) is 9.88 Å². The second-order valence-electron chi connectivity index (χ2n) is 3.39. The number of carbonyl (C=O) groups excluding carboxylic acids is 2. The average Bonchev–Trinajstić information content (AvgIpc) is 2.26. The number of carbonyl (C=O) groups is 2. The van der Waals surface area contributed by atoms with E-state index in [1.54, 1.807) is 19.4 Å². The third kappa shape index (κ3) is 3.50. The molecule has 15 heavy (non-hydrogen) atoms. The zero-order chi connectivity index (χ0) is 11.3. The molecule has 0 fully saturated rings. The van der Waals surface area contributed by atoms with E-state index in [9.17, 15) is 9.59 Å². The number of hydrogen-bond donors (Lipinski definition) is 0. The van der Waals surface area contributed by atoms with Crippen LogP contribution in [0, 0.1) is 0 Å². The predicted molar refractivity (Wildman–Crippen MR) is 56.3 cm³/mol. The van der Waals surface area contributed by atoms with Gasteiger partial charge in [-0.25, -0.2) is 0 Å². The molecule has 1 aromatic heterocycles. The SMILES string of the molecule is CC(=O)C(=O)N(C)CCc1cccnc1. The zero-order valence-electron chi connectivity index (χ0n) is 8.93. The lowest BCUT2D eigenvalue weighted by Gasteiger charge is -2.14. The second-order valence-corrected chi connectivity index (χ2v) is 3.39. The van der Waals surface area contributed by atoms with Crippen molar-refractivity contribution in [3.63, 3.8) is 0 Å². The van der Waals surface area contributed by atoms with E-state index < -0.39 is 11.7 Å². The molecule has 0 saturated carbocycles. The summed E-state index contributed by atoms with van der Waals surface area (Å²) in [7, 11) is 1.63. The molecule has 0 aliphatic heterocycles. The maximum atomic E-state index is 11.2. The number of hydrogen-bond acceptors (Lipinski definition) is 3. The van der Waals surface area contributed by atoms with E-state index >= 15 is 0 Å². The topological polar surface area (TPSA) is 50.3 Å². The molecule has 1 rings (SSSR count). The number of aromatic nitrogens is 1. The van der Waals surface area contributed by atoms with Gasteiger partial charge in [0.05, 0.1) is 0 Å². The Hall–Kier alpha value is -1.71. The van der Waals surface area contributed by atoms with Crippen LogP contribution in [0.2, 0.25) is 0 Å². The number of pyridine rings is 1. The molecule has 1 aromatic rings. The zero-order valence-corrected chi connectivity index (χ0v) is 8.93. The van der Waals surface area contributed by atoms with Gasteiger partial charge in [-0.05, 0) is 18.1 Å². The molecule has 80 valence electrons. The molecule has 0 radical (unpaired) electrons. The van der Waals surface area contributed by atoms with Crippen molar-refractivity contribution in [3.8, 4) is 0 Å². The van der Waals surface area contributed by atoms with Gasteiger partial charge in [0.15, 0.2) is 0 Å². The fraction of sp³-hybridized carbons (Fsp3) is 0.364. The number of nitrogens with zero attached hydrogens (tertiary/aromatic N) is 2. The number of amides is 1. The van der Waals surface area contributed by atoms with Gasteiger partial charge in [-0.3, -0.25) is 14.6 Å². The molecular formula is C11H14N2O2. The third-order valence-corrected chi connectivity index (χ3v) is 2.11. The minimum Gasteiger partial charge on any atom is -0.339 e. The molecule has 0 saturated heterocycles. The summed E-state index contributed by atoms with van der Waals surface area (Å²) < 4.78 is 0. The second kappa shape index (κ2) is 5.24. The van der Waals surface area contributed by atoms with Gasteiger partial charge >= 0.3 is 0 Å². The number of ketones is 1. The highest BCUT2D eigenvalue weighted by Gasteiger charge is 2.12. The van der Waals surface area contributed by atoms with Crippen molar-refractivity contribution in [3.05, 3.63) is 30.1 Å². The molecule has 4 heteroatoms. The van der Waals surface area contributed by atoms with Crippen molar-refractivity contribution in [2.45, 2.75) is 13.3 Å². The number of rotatable bonds is 4. The minimum absolute atomic E-state index is 0.427. The maximum absolute atomic E-state index is 11.2. The van der Waals surface area contributed by atoms with Gasteiger partial charge in [0.25, 0.3) is 5.91 Å². The Morgan fingerprint density at radius 2 is 2.20 bits per heavy atom. The van der Waals surface area contributed by atoms with Gasteiger partial charge in [0.2, 0.25) is 5.78 Å². The molecule has 0 atom stereocenters. The van der Waals surface area contributed by atoms with Gasteiger partial charge in [-0.1, -0.05) is 6.07 Å². The van der Waals surface area contributed by atoms with Crippen LogP contribution in [0.5, 0.6) is 0 Å². The highest BCUT2D eigenvalue weighted by atomic mass is 16.2. The standard InChI is InChI=1S/C11H14N2O2/c1-9(14)11(15)13(2)7-5-10-4-3-6-12-8-10/h3-4,6,8H,5,7H2,1-2H3. The number of likely N-dealkylation sites (N-methyl/N-ethyl adjacent to an activating group) is 1. The smallest absolute Gasteiger partial charge is 0.289 e. The molecule has 0 aromatic carbocycles. The van der Waals surface area contributed by atoms with Crippen molar-refractivity contribution in [1.29, 1.82) is 0 Å². The van der Waals surface area contributed by atoms with Crippen LogP contribution in [0.25, 0.3) is 0 Å². The predicted octanol–water partition coefficient (Wildman–Crippen LogP) is 0.671. The largest absolute Gasteiger partial charge is 0.339 e. The molecule has 1 heterocycles. The van der Waals surface area contributed by atoms with Gasteiger partial charge in [0, 0.05) is 32.9 Å². The van der Waals surface area contributed by atoms with Crippen LogP contribution in [0.3, 0.4) is 0 Å². The highest BCUT2D eigenvalue weighted by molar-refractivity contribution is 6.34. The first-order valence-electron chi connectivity index (χ1n) is 4.76. The van der Waals surface area contributed by atoms with Gasteiger partial charge in [-0.15, -0.1) is 0 Å². The Morgan fingerprint density at radius 3 is 2.73 bits per heavy atom. The first-order chi connectivity index (χ1) is 7.11. The summed E-state index contributed by atoms with van der Waals surface area (Å²) in [6.45, 7) is 1.81. The van der Waals surface area contributed by atoms with Crippen molar-refractivity contribution < 1.29 is 9.59 Å². The molecule has 0 aliphatic rings. The van der Waals surface area contributed by atoms with E-state index in [2.05, 4.69) is 4.98 Å². The van der Waals surface area contributed by atoms with Crippen molar-refractivity contribution in [2.75, 3.05) is 13.6 Å². The van der Waals surface area contributed by atoms with E-state index in [-0.39, 0.29) is 0 Å². The van der Waals surface area contributed by atoms with E-state index in [1.165, 1.54) is 11.8 Å². The van der Waals surface area contributed by atoms with Gasteiger partial charge in [-0.2, -0.15) is 0 Å². The summed E-state index contributed by atoms with van der Waals surface area (Å²) >= 11 is 0. The van der Waals surface area contributed by atoms with E-state index in [0.29, 0.717) is 13.0 Å². The quantitative estimate of drug-likeness (QED) is 0.680. The Bertz CT molecular complexity index is 349. The lowest BCUT2D eigenvalue weighted by atomic mass is 10.2. The maximum Gasteiger partial charge on any atom is 0.289 e. The Kier molecular flexibility index (Phi) is 3.97. The van der Waals surface area contributed by atoms with Crippen LogP contribution in [0.15, 0.2) is 24.5 Å². The molecule has 0 spiro atoms. The van der Waals surface area contributed by atoms with Crippen molar-refractivity contribution in [2.24, 2.45) is 0 Å². The lowest BCUT2D eigenvalue weighted by Crippen LogP contribution is -2.33. The highest BCUT2D eigenvalue weighted by Crippen LogP contribution is 1.98. The Balaban J connectivity index is 2.44. The van der Waals surface area contributed by atoms with E-state index in [4.69, 9.17) is 0 Å². The normalized spacial score (nSPS) is 9.73. The fourth-order valence-electron chi connectivity index (χ4n) is 1.21. The molecule has 0 aliphatic carbocycles. The summed E-state index contributed by atoms with van der Waals surface area (Å²) in [5, 5.41) is 0. The average molecular weight is 206 g/mol. The van der Waals surface area contributed by atoms with Crippen LogP contribution in [0.4, 0.5) is 0 Å². The summed E-state index contributed by atoms with van der Waals surface area (Å²) in [6, 6.07) is 3.79. The summed E-state index contributed by atoms with van der Waals surface area (Å²) in [5.74, 6) is -0.873. The minimum atomic E-state index is -0.445. The molecule has 4 nitrogen and oxygen atoms in total. The van der Waals surface area contributed by atoms with Gasteiger partial charge < -0.3 is 4.90 Å². The fourth-order valence-corrected chi connectivity index (χ4v) is 1.21. The lowest BCUT2D eigenvalue weighted by molar-refractivity contribution is -0.142. The van der Waals surface area contributed by atoms with E-state index in [1.807, 2.05) is 12.1 Å². The van der Waals surface area contributed by atoms with Crippen molar-refractivity contribution >= 4 is 11.7 Å². The monoisotopic (exact) mass is 206 g/mol. The summed E-state index contributed by atoms with van der Waals surface area (Å²) in [5.41, 5.74) is 1.06. The molecular weight excluding hydrogens is 192 g/mol. The van der Waals surface area contributed by atoms with Crippen LogP contribution in [-0.2, 0) is 16.0 Å². The molecule has 0 bridgehead atoms. The molecule has 1 amide bonds. The van der Waals surface area contributed by atoms with Crippen LogP contribution >= 0.6 is 0 Å². The molecule has 0 N–H and O–H groups in total. The van der Waals surface area contributed by atoms with E-state index in [0.717, 1.165) is 5.56 Å². The molecule has 0 unspecified atom stereocenters. The van der Waals surface area contributed by atoms with Gasteiger partial charge in [0.1, 0.15) is 0 Å². The first-order valence-corrected chi connectivity index (χ1v) is 4.76. The van der Waals surface area contributed by atoms with Crippen LogP contribution in [0.1, 0.15) is 12.5 Å². The van der Waals surface area contributed by atoms with Crippen LogP contribution < -0.4 is 0 Å². The first kappa shape index (κ1) is 11.4. The summed E-state index contributed by atoms with van der Waals surface area (Å²) in [4.78, 5) is 27.4. The Labute approximate surface area is 88.9 Å². The number of Topliss-reactive ketones (excluding diaryl/α,β-unsaturated/α-hetero) is 1.